The van der Waals surface area contributed by atoms with Crippen LogP contribution in [0, 0.1) is 7.14 Å². The summed E-state index contributed by atoms with van der Waals surface area (Å²) in [6, 6.07) is 3.34. The summed E-state index contributed by atoms with van der Waals surface area (Å²) < 4.78 is 6.10. The Morgan fingerprint density at radius 3 is 2.71 bits per heavy atom. The van der Waals surface area contributed by atoms with Crippen LogP contribution in [0.3, 0.4) is 0 Å². The molecule has 0 bridgehead atoms. The molecule has 14 heavy (non-hydrogen) atoms. The van der Waals surface area contributed by atoms with Crippen molar-refractivity contribution in [3.8, 4) is 5.75 Å². The molecule has 5 heteroatoms. The first kappa shape index (κ1) is 12.0. The molecule has 0 saturated carbocycles. The van der Waals surface area contributed by atoms with Crippen LogP contribution in [0.15, 0.2) is 12.1 Å². The highest BCUT2D eigenvalue weighted by Crippen LogP contribution is 2.29. The Morgan fingerprint density at radius 2 is 2.14 bits per heavy atom. The van der Waals surface area contributed by atoms with Crippen LogP contribution >= 0.6 is 45.2 Å². The number of halogens is 2. The number of aromatic hydroxyl groups is 1. The zero-order valence-electron chi connectivity index (χ0n) is 7.38. The van der Waals surface area contributed by atoms with E-state index in [9.17, 15) is 9.90 Å². The van der Waals surface area contributed by atoms with Crippen LogP contribution in [0.5, 0.6) is 5.75 Å². The molecule has 76 valence electrons. The maximum absolute atomic E-state index is 11.4. The molecule has 3 nitrogen and oxygen atoms in total. The summed E-state index contributed by atoms with van der Waals surface area (Å²) in [5, 5.41) is 9.58. The lowest BCUT2D eigenvalue weighted by Crippen LogP contribution is -2.07. The molecule has 0 amide bonds. The van der Waals surface area contributed by atoms with Crippen molar-refractivity contribution >= 4 is 51.2 Å². The molecular weight excluding hydrogens is 410 g/mol. The van der Waals surface area contributed by atoms with E-state index < -0.39 is 5.97 Å². The predicted octanol–water partition coefficient (Wildman–Crippen LogP) is 2.78. The number of hydrogen-bond acceptors (Lipinski definition) is 3. The fraction of sp³-hybridized carbons (Fsp3) is 0.222. The average Bonchev–Trinajstić information content (AvgIpc) is 2.15. The summed E-state index contributed by atoms with van der Waals surface area (Å²) in [7, 11) is 0. The van der Waals surface area contributed by atoms with Crippen molar-refractivity contribution in [1.29, 1.82) is 0 Å². The van der Waals surface area contributed by atoms with Crippen LogP contribution in [0.4, 0.5) is 0 Å². The van der Waals surface area contributed by atoms with Gasteiger partial charge in [-0.3, -0.25) is 0 Å². The summed E-state index contributed by atoms with van der Waals surface area (Å²) in [4.78, 5) is 11.4. The van der Waals surface area contributed by atoms with Crippen molar-refractivity contribution in [3.63, 3.8) is 0 Å². The minimum Gasteiger partial charge on any atom is -0.506 e. The van der Waals surface area contributed by atoms with Crippen LogP contribution in [0.2, 0.25) is 0 Å². The molecule has 0 unspecified atom stereocenters. The van der Waals surface area contributed by atoms with E-state index in [0.29, 0.717) is 15.7 Å². The molecule has 1 N–H and O–H groups in total. The van der Waals surface area contributed by atoms with Gasteiger partial charge in [0, 0.05) is 0 Å². The van der Waals surface area contributed by atoms with Crippen LogP contribution in [0.25, 0.3) is 0 Å². The normalized spacial score (nSPS) is 9.93. The number of phenolic OH excluding ortho intramolecular Hbond substituents is 1. The van der Waals surface area contributed by atoms with Gasteiger partial charge in [0.25, 0.3) is 0 Å². The lowest BCUT2D eigenvalue weighted by molar-refractivity contribution is 0.0524. The summed E-state index contributed by atoms with van der Waals surface area (Å²) in [6.45, 7) is 2.08. The zero-order chi connectivity index (χ0) is 10.7. The second-order valence-corrected chi connectivity index (χ2v) is 4.72. The van der Waals surface area contributed by atoms with Gasteiger partial charge >= 0.3 is 5.97 Å². The van der Waals surface area contributed by atoms with Gasteiger partial charge in [-0.05, 0) is 64.2 Å². The van der Waals surface area contributed by atoms with Crippen molar-refractivity contribution < 1.29 is 14.6 Å². The quantitative estimate of drug-likeness (QED) is 0.594. The summed E-state index contributed by atoms with van der Waals surface area (Å²) >= 11 is 3.93. The third-order valence-electron chi connectivity index (χ3n) is 1.56. The molecule has 0 aromatic heterocycles. The number of phenols is 1. The van der Waals surface area contributed by atoms with Crippen molar-refractivity contribution in [2.24, 2.45) is 0 Å². The highest BCUT2D eigenvalue weighted by atomic mass is 127. The highest BCUT2D eigenvalue weighted by molar-refractivity contribution is 14.1. The minimum absolute atomic E-state index is 0.136. The molecule has 0 aliphatic heterocycles. The van der Waals surface area contributed by atoms with Gasteiger partial charge in [-0.2, -0.15) is 0 Å². The van der Waals surface area contributed by atoms with Gasteiger partial charge < -0.3 is 9.84 Å². The molecule has 0 aliphatic rings. The first-order valence-corrected chi connectivity index (χ1v) is 6.07. The van der Waals surface area contributed by atoms with Crippen LogP contribution in [-0.2, 0) is 4.74 Å². The van der Waals surface area contributed by atoms with E-state index in [1.54, 1.807) is 19.1 Å². The van der Waals surface area contributed by atoms with Gasteiger partial charge in [-0.1, -0.05) is 0 Å². The average molecular weight is 418 g/mol. The van der Waals surface area contributed by atoms with E-state index in [1.165, 1.54) is 0 Å². The Morgan fingerprint density at radius 1 is 1.50 bits per heavy atom. The molecule has 0 fully saturated rings. The summed E-state index contributed by atoms with van der Waals surface area (Å²) in [5.74, 6) is -0.264. The molecular formula is C9H8I2O3. The van der Waals surface area contributed by atoms with Crippen molar-refractivity contribution in [1.82, 2.24) is 0 Å². The summed E-state index contributed by atoms with van der Waals surface area (Å²) in [5.41, 5.74) is 0.408. The highest BCUT2D eigenvalue weighted by Gasteiger charge is 2.15. The number of carbonyl (C=O) groups excluding carboxylic acids is 1. The zero-order valence-corrected chi connectivity index (χ0v) is 11.7. The number of ether oxygens (including phenoxy) is 1. The number of rotatable bonds is 2. The Labute approximate surface area is 109 Å². The molecule has 0 spiro atoms. The van der Waals surface area contributed by atoms with Gasteiger partial charge in [0.2, 0.25) is 0 Å². The second-order valence-electron chi connectivity index (χ2n) is 2.48. The van der Waals surface area contributed by atoms with E-state index in [-0.39, 0.29) is 5.75 Å². The van der Waals surface area contributed by atoms with E-state index in [0.717, 1.165) is 3.57 Å². The number of esters is 1. The third-order valence-corrected chi connectivity index (χ3v) is 3.52. The molecule has 1 rings (SSSR count). The van der Waals surface area contributed by atoms with Crippen LogP contribution in [-0.4, -0.2) is 17.7 Å². The topological polar surface area (TPSA) is 46.5 Å². The van der Waals surface area contributed by atoms with E-state index in [2.05, 4.69) is 0 Å². The van der Waals surface area contributed by atoms with Gasteiger partial charge in [0.15, 0.2) is 0 Å². The Balaban J connectivity index is 3.11. The minimum atomic E-state index is -0.399. The Kier molecular flexibility index (Phi) is 4.42. The fourth-order valence-electron chi connectivity index (χ4n) is 0.907. The maximum atomic E-state index is 11.4. The molecule has 0 aliphatic carbocycles. The number of benzene rings is 1. The monoisotopic (exact) mass is 418 g/mol. The van der Waals surface area contributed by atoms with Gasteiger partial charge in [0.1, 0.15) is 5.75 Å². The second kappa shape index (κ2) is 5.15. The predicted molar refractivity (Wildman–Crippen MR) is 69.5 cm³/mol. The standard InChI is InChI=1S/C9H8I2O3/c1-2-14-9(13)5-3-4-6(10)8(12)7(5)11/h3-4,12H,2H2,1H3. The third kappa shape index (κ3) is 2.50. The lowest BCUT2D eigenvalue weighted by atomic mass is 10.2. The first-order chi connectivity index (χ1) is 6.57. The van der Waals surface area contributed by atoms with E-state index >= 15 is 0 Å². The summed E-state index contributed by atoms with van der Waals surface area (Å²) in [6.07, 6.45) is 0. The number of hydrogen-bond donors (Lipinski definition) is 1. The number of carbonyl (C=O) groups is 1. The van der Waals surface area contributed by atoms with Gasteiger partial charge in [0.05, 0.1) is 19.3 Å². The van der Waals surface area contributed by atoms with Crippen molar-refractivity contribution in [3.05, 3.63) is 24.8 Å². The van der Waals surface area contributed by atoms with Crippen LogP contribution in [0.1, 0.15) is 17.3 Å². The molecule has 0 heterocycles. The Bertz CT molecular complexity index is 363. The smallest absolute Gasteiger partial charge is 0.339 e. The van der Waals surface area contributed by atoms with Crippen molar-refractivity contribution in [2.75, 3.05) is 6.61 Å². The fourth-order valence-corrected chi connectivity index (χ4v) is 2.56. The molecule has 0 saturated heterocycles. The first-order valence-electron chi connectivity index (χ1n) is 3.92. The van der Waals surface area contributed by atoms with E-state index in [4.69, 9.17) is 4.74 Å². The van der Waals surface area contributed by atoms with Crippen LogP contribution < -0.4 is 0 Å². The van der Waals surface area contributed by atoms with Gasteiger partial charge in [-0.25, -0.2) is 4.79 Å². The van der Waals surface area contributed by atoms with Gasteiger partial charge in [-0.15, -0.1) is 0 Å². The van der Waals surface area contributed by atoms with E-state index in [1.807, 2.05) is 45.2 Å². The van der Waals surface area contributed by atoms with Crippen molar-refractivity contribution in [2.45, 2.75) is 6.92 Å². The largest absolute Gasteiger partial charge is 0.506 e. The Hall–Kier alpha value is -0.0500. The lowest BCUT2D eigenvalue weighted by Gasteiger charge is -2.06. The SMILES string of the molecule is CCOC(=O)c1ccc(I)c(O)c1I. The molecule has 1 aromatic rings. The maximum Gasteiger partial charge on any atom is 0.339 e. The molecule has 0 radical (unpaired) electrons. The molecule has 1 aromatic carbocycles. The molecule has 0 atom stereocenters.